The first-order valence-corrected chi connectivity index (χ1v) is 13.2. The first-order chi connectivity index (χ1) is 17.6. The van der Waals surface area contributed by atoms with Gasteiger partial charge in [-0.3, -0.25) is 9.69 Å². The number of Topliss-reactive ketones (excluding diaryl/α,β-unsaturated/α-hetero) is 1. The molecule has 0 atom stereocenters. The number of carbonyl (C=O) groups excluding carboxylic acids is 1. The minimum atomic E-state index is 0.169. The SMILES string of the molecule is CN1CCC(c2coc3ccccc23)CC1.COc1ccc2[nH]c(C(=O)CN3CCCCC3)cc2c1. The highest BCUT2D eigenvalue weighted by atomic mass is 16.5. The van der Waals surface area contributed by atoms with Crippen LogP contribution in [0.4, 0.5) is 0 Å². The number of H-pyrrole nitrogens is 1. The van der Waals surface area contributed by atoms with E-state index in [0.29, 0.717) is 18.2 Å². The van der Waals surface area contributed by atoms with Crippen molar-refractivity contribution in [2.45, 2.75) is 38.0 Å². The van der Waals surface area contributed by atoms with Crippen LogP contribution < -0.4 is 4.74 Å². The monoisotopic (exact) mass is 487 g/mol. The molecule has 2 saturated heterocycles. The van der Waals surface area contributed by atoms with Crippen LogP contribution >= 0.6 is 0 Å². The van der Waals surface area contributed by atoms with Crippen LogP contribution in [0.1, 0.15) is 54.1 Å². The van der Waals surface area contributed by atoms with Gasteiger partial charge in [0.1, 0.15) is 11.3 Å². The van der Waals surface area contributed by atoms with Gasteiger partial charge in [-0.05, 0) is 95.2 Å². The first-order valence-electron chi connectivity index (χ1n) is 13.2. The third kappa shape index (κ3) is 5.66. The number of hydrogen-bond acceptors (Lipinski definition) is 5. The molecule has 2 aliphatic heterocycles. The average Bonchev–Trinajstić information content (AvgIpc) is 3.54. The number of nitrogens with zero attached hydrogens (tertiary/aromatic N) is 2. The quantitative estimate of drug-likeness (QED) is 0.345. The number of nitrogens with one attached hydrogen (secondary N) is 1. The summed E-state index contributed by atoms with van der Waals surface area (Å²) in [4.78, 5) is 20.2. The molecule has 190 valence electrons. The van der Waals surface area contributed by atoms with Crippen molar-refractivity contribution in [3.63, 3.8) is 0 Å². The predicted octanol–water partition coefficient (Wildman–Crippen LogP) is 6.09. The van der Waals surface area contributed by atoms with Gasteiger partial charge in [0.05, 0.1) is 25.6 Å². The topological polar surface area (TPSA) is 61.7 Å². The molecule has 1 N–H and O–H groups in total. The zero-order valence-electron chi connectivity index (χ0n) is 21.5. The number of methoxy groups -OCH3 is 1. The van der Waals surface area contributed by atoms with E-state index in [2.05, 4.69) is 34.0 Å². The molecule has 2 fully saturated rings. The fraction of sp³-hybridized carbons (Fsp3) is 0.433. The van der Waals surface area contributed by atoms with Gasteiger partial charge in [-0.25, -0.2) is 0 Å². The summed E-state index contributed by atoms with van der Waals surface area (Å²) in [5.74, 6) is 1.66. The van der Waals surface area contributed by atoms with Gasteiger partial charge in [-0.1, -0.05) is 24.6 Å². The molecule has 0 spiro atoms. The summed E-state index contributed by atoms with van der Waals surface area (Å²) in [7, 11) is 3.85. The highest BCUT2D eigenvalue weighted by Gasteiger charge is 2.21. The van der Waals surface area contributed by atoms with E-state index in [0.717, 1.165) is 35.3 Å². The number of fused-ring (bicyclic) bond motifs is 2. The van der Waals surface area contributed by atoms with Crippen LogP contribution in [0, 0.1) is 0 Å². The lowest BCUT2D eigenvalue weighted by molar-refractivity contribution is 0.0911. The Balaban J connectivity index is 0.000000152. The van der Waals surface area contributed by atoms with E-state index >= 15 is 0 Å². The van der Waals surface area contributed by atoms with E-state index in [1.165, 1.54) is 56.1 Å². The molecule has 6 rings (SSSR count). The predicted molar refractivity (Wildman–Crippen MR) is 145 cm³/mol. The number of carbonyl (C=O) groups is 1. The molecule has 0 aliphatic carbocycles. The molecule has 36 heavy (non-hydrogen) atoms. The van der Waals surface area contributed by atoms with Crippen molar-refractivity contribution in [2.75, 3.05) is 46.9 Å². The number of aromatic amines is 1. The van der Waals surface area contributed by atoms with E-state index < -0.39 is 0 Å². The van der Waals surface area contributed by atoms with Crippen LogP contribution in [0.25, 0.3) is 21.9 Å². The van der Waals surface area contributed by atoms with Crippen LogP contribution in [0.2, 0.25) is 0 Å². The molecule has 4 heterocycles. The second-order valence-corrected chi connectivity index (χ2v) is 10.2. The summed E-state index contributed by atoms with van der Waals surface area (Å²) in [6.07, 6.45) is 8.16. The molecule has 2 aromatic carbocycles. The van der Waals surface area contributed by atoms with Gasteiger partial charge in [-0.15, -0.1) is 0 Å². The lowest BCUT2D eigenvalue weighted by Crippen LogP contribution is -2.34. The number of ketones is 1. The van der Waals surface area contributed by atoms with Crippen LogP contribution in [-0.2, 0) is 0 Å². The van der Waals surface area contributed by atoms with E-state index in [4.69, 9.17) is 9.15 Å². The molecule has 2 aromatic heterocycles. The summed E-state index contributed by atoms with van der Waals surface area (Å²) in [6.45, 7) is 5.00. The molecule has 4 aromatic rings. The maximum atomic E-state index is 12.3. The van der Waals surface area contributed by atoms with Crippen molar-refractivity contribution in [3.05, 3.63) is 66.1 Å². The number of aromatic nitrogens is 1. The Morgan fingerprint density at radius 3 is 2.58 bits per heavy atom. The van der Waals surface area contributed by atoms with Crippen LogP contribution in [-0.4, -0.2) is 67.4 Å². The van der Waals surface area contributed by atoms with Crippen molar-refractivity contribution in [1.29, 1.82) is 0 Å². The highest BCUT2D eigenvalue weighted by molar-refractivity contribution is 6.00. The molecular weight excluding hydrogens is 450 g/mol. The van der Waals surface area contributed by atoms with Gasteiger partial charge in [-0.2, -0.15) is 0 Å². The summed E-state index contributed by atoms with van der Waals surface area (Å²) < 4.78 is 10.8. The average molecular weight is 488 g/mol. The number of likely N-dealkylation sites (tertiary alicyclic amines) is 2. The van der Waals surface area contributed by atoms with Crippen molar-refractivity contribution >= 4 is 27.7 Å². The third-order valence-corrected chi connectivity index (χ3v) is 7.61. The number of benzene rings is 2. The van der Waals surface area contributed by atoms with E-state index in [9.17, 15) is 4.79 Å². The molecule has 0 saturated carbocycles. The lowest BCUT2D eigenvalue weighted by Gasteiger charge is -2.28. The van der Waals surface area contributed by atoms with Gasteiger partial charge < -0.3 is 19.0 Å². The zero-order chi connectivity index (χ0) is 24.9. The fourth-order valence-corrected chi connectivity index (χ4v) is 5.43. The van der Waals surface area contributed by atoms with Gasteiger partial charge in [0.2, 0.25) is 0 Å². The van der Waals surface area contributed by atoms with Gasteiger partial charge in [0.25, 0.3) is 0 Å². The molecule has 0 radical (unpaired) electrons. The smallest absolute Gasteiger partial charge is 0.192 e. The van der Waals surface area contributed by atoms with E-state index in [1.54, 1.807) is 7.11 Å². The molecule has 6 heteroatoms. The van der Waals surface area contributed by atoms with Crippen molar-refractivity contribution in [1.82, 2.24) is 14.8 Å². The fourth-order valence-electron chi connectivity index (χ4n) is 5.43. The number of furan rings is 1. The Bertz CT molecular complexity index is 1290. The maximum absolute atomic E-state index is 12.3. The summed E-state index contributed by atoms with van der Waals surface area (Å²) in [5, 5.41) is 2.32. The van der Waals surface area contributed by atoms with E-state index in [1.807, 2.05) is 42.7 Å². The molecule has 0 amide bonds. The third-order valence-electron chi connectivity index (χ3n) is 7.61. The van der Waals surface area contributed by atoms with Gasteiger partial charge in [0, 0.05) is 21.9 Å². The summed E-state index contributed by atoms with van der Waals surface area (Å²) in [6, 6.07) is 16.1. The summed E-state index contributed by atoms with van der Waals surface area (Å²) in [5.41, 5.74) is 4.10. The van der Waals surface area contributed by atoms with Crippen LogP contribution in [0.15, 0.2) is 59.2 Å². The largest absolute Gasteiger partial charge is 0.497 e. The first kappa shape index (κ1) is 24.6. The molecule has 6 nitrogen and oxygen atoms in total. The Hall–Kier alpha value is -3.09. The standard InChI is InChI=1S/C16H20N2O2.C14H17NO/c1-20-13-5-6-14-12(9-13)10-15(17-14)16(19)11-18-7-3-2-4-8-18;1-15-8-6-11(7-9-15)13-10-16-14-5-3-2-4-12(13)14/h5-6,9-10,17H,2-4,7-8,11H2,1H3;2-5,10-11H,6-9H2,1H3. The second-order valence-electron chi connectivity index (χ2n) is 10.2. The second kappa shape index (κ2) is 11.3. The van der Waals surface area contributed by atoms with Crippen molar-refractivity contribution in [3.8, 4) is 5.75 Å². The van der Waals surface area contributed by atoms with Crippen LogP contribution in [0.5, 0.6) is 5.75 Å². The zero-order valence-corrected chi connectivity index (χ0v) is 21.5. The maximum Gasteiger partial charge on any atom is 0.192 e. The molecule has 0 unspecified atom stereocenters. The minimum absolute atomic E-state index is 0.169. The highest BCUT2D eigenvalue weighted by Crippen LogP contribution is 2.33. The summed E-state index contributed by atoms with van der Waals surface area (Å²) >= 11 is 0. The van der Waals surface area contributed by atoms with Crippen molar-refractivity contribution in [2.24, 2.45) is 0 Å². The van der Waals surface area contributed by atoms with Gasteiger partial charge >= 0.3 is 0 Å². The molecular formula is C30H37N3O3. The lowest BCUT2D eigenvalue weighted by atomic mass is 9.89. The minimum Gasteiger partial charge on any atom is -0.497 e. The van der Waals surface area contributed by atoms with E-state index in [-0.39, 0.29) is 5.78 Å². The number of piperidine rings is 2. The number of hydrogen-bond donors (Lipinski definition) is 1. The Morgan fingerprint density at radius 2 is 1.81 bits per heavy atom. The Morgan fingerprint density at radius 1 is 1.03 bits per heavy atom. The van der Waals surface area contributed by atoms with Gasteiger partial charge in [0.15, 0.2) is 5.78 Å². The van der Waals surface area contributed by atoms with Crippen LogP contribution in [0.3, 0.4) is 0 Å². The molecule has 0 bridgehead atoms. The van der Waals surface area contributed by atoms with Crippen molar-refractivity contribution < 1.29 is 13.9 Å². The Labute approximate surface area is 213 Å². The molecule has 2 aliphatic rings. The number of ether oxygens (including phenoxy) is 1. The number of para-hydroxylation sites is 1. The number of rotatable bonds is 5. The Kier molecular flexibility index (Phi) is 7.73. The normalized spacial score (nSPS) is 17.7.